The molecule has 1 fully saturated rings. The Bertz CT molecular complexity index is 576. The van der Waals surface area contributed by atoms with Gasteiger partial charge in [-0.3, -0.25) is 9.59 Å². The number of hydrogen-bond acceptors (Lipinski definition) is 3. The van der Waals surface area contributed by atoms with Crippen molar-refractivity contribution in [2.24, 2.45) is 0 Å². The van der Waals surface area contributed by atoms with Gasteiger partial charge in [0.05, 0.1) is 11.3 Å². The third-order valence-electron chi connectivity index (χ3n) is 4.73. The lowest BCUT2D eigenvalue weighted by molar-refractivity contribution is -0.118. The van der Waals surface area contributed by atoms with E-state index in [1.165, 1.54) is 6.42 Å². The van der Waals surface area contributed by atoms with E-state index >= 15 is 0 Å². The first-order valence-corrected chi connectivity index (χ1v) is 9.43. The van der Waals surface area contributed by atoms with Crippen molar-refractivity contribution in [3.8, 4) is 0 Å². The predicted molar refractivity (Wildman–Crippen MR) is 97.2 cm³/mol. The summed E-state index contributed by atoms with van der Waals surface area (Å²) in [6.45, 7) is 1.83. The second kappa shape index (κ2) is 7.86. The van der Waals surface area contributed by atoms with Crippen LogP contribution in [0.1, 0.15) is 43.0 Å². The van der Waals surface area contributed by atoms with Gasteiger partial charge in [-0.1, -0.05) is 19.1 Å². The monoisotopic (exact) mass is 334 g/mol. The summed E-state index contributed by atoms with van der Waals surface area (Å²) in [4.78, 5) is 28.4. The molecule has 2 amide bonds. The minimum Gasteiger partial charge on any atom is -0.339 e. The molecular formula is C18H26N2O2S. The number of benzene rings is 1. The molecule has 23 heavy (non-hydrogen) atoms. The van der Waals surface area contributed by atoms with E-state index in [4.69, 9.17) is 0 Å². The second-order valence-electron chi connectivity index (χ2n) is 6.06. The number of nitrogens with zero attached hydrogens (tertiary/aromatic N) is 2. The van der Waals surface area contributed by atoms with Crippen LogP contribution in [0.3, 0.4) is 0 Å². The molecule has 1 aliphatic carbocycles. The van der Waals surface area contributed by atoms with Gasteiger partial charge >= 0.3 is 0 Å². The van der Waals surface area contributed by atoms with Crippen LogP contribution in [-0.4, -0.2) is 48.4 Å². The fraction of sp³-hybridized carbons (Fsp3) is 0.556. The normalized spacial score (nSPS) is 20.3. The number of thioether (sulfide) groups is 1. The molecule has 0 spiro atoms. The summed E-state index contributed by atoms with van der Waals surface area (Å²) in [6, 6.07) is 7.67. The quantitative estimate of drug-likeness (QED) is 0.828. The van der Waals surface area contributed by atoms with Gasteiger partial charge in [0.15, 0.2) is 0 Å². The molecule has 0 aliphatic heterocycles. The number of carbonyl (C=O) groups is 2. The van der Waals surface area contributed by atoms with Crippen LogP contribution in [0.4, 0.5) is 5.69 Å². The largest absolute Gasteiger partial charge is 0.339 e. The molecule has 0 bridgehead atoms. The Morgan fingerprint density at radius 2 is 1.91 bits per heavy atom. The minimum absolute atomic E-state index is 0.00288. The molecule has 1 aromatic carbocycles. The first-order chi connectivity index (χ1) is 11.0. The van der Waals surface area contributed by atoms with E-state index in [9.17, 15) is 9.59 Å². The van der Waals surface area contributed by atoms with Gasteiger partial charge in [0, 0.05) is 31.8 Å². The van der Waals surface area contributed by atoms with Crippen LogP contribution in [0, 0.1) is 0 Å². The van der Waals surface area contributed by atoms with Gasteiger partial charge in [-0.2, -0.15) is 11.8 Å². The zero-order valence-electron chi connectivity index (χ0n) is 14.4. The zero-order chi connectivity index (χ0) is 17.0. The summed E-state index contributed by atoms with van der Waals surface area (Å²) in [5.74, 6) is 0.0133. The van der Waals surface area contributed by atoms with Crippen molar-refractivity contribution in [3.05, 3.63) is 29.8 Å². The van der Waals surface area contributed by atoms with Gasteiger partial charge in [0.25, 0.3) is 5.91 Å². The molecule has 1 aliphatic rings. The minimum atomic E-state index is 0.00288. The molecule has 1 aromatic rings. The summed E-state index contributed by atoms with van der Waals surface area (Å²) in [5, 5.41) is 0.648. The summed E-state index contributed by atoms with van der Waals surface area (Å²) in [5.41, 5.74) is 1.29. The molecular weight excluding hydrogens is 308 g/mol. The zero-order valence-corrected chi connectivity index (χ0v) is 15.2. The maximum absolute atomic E-state index is 12.9. The molecule has 4 nitrogen and oxygen atoms in total. The Hall–Kier alpha value is -1.49. The number of amides is 2. The Kier molecular flexibility index (Phi) is 6.10. The average Bonchev–Trinajstić information content (AvgIpc) is 3.08. The van der Waals surface area contributed by atoms with Crippen LogP contribution in [0.5, 0.6) is 0 Å². The molecule has 2 atom stereocenters. The van der Waals surface area contributed by atoms with Crippen molar-refractivity contribution in [3.63, 3.8) is 0 Å². The second-order valence-corrected chi connectivity index (χ2v) is 7.20. The van der Waals surface area contributed by atoms with Crippen molar-refractivity contribution in [1.29, 1.82) is 0 Å². The lowest BCUT2D eigenvalue weighted by atomic mass is 10.1. The van der Waals surface area contributed by atoms with Crippen molar-refractivity contribution >= 4 is 29.3 Å². The number of anilines is 1. The van der Waals surface area contributed by atoms with Gasteiger partial charge in [-0.05, 0) is 37.7 Å². The molecule has 0 aromatic heterocycles. The van der Waals surface area contributed by atoms with Crippen LogP contribution >= 0.6 is 11.8 Å². The smallest absolute Gasteiger partial charge is 0.255 e. The highest BCUT2D eigenvalue weighted by Crippen LogP contribution is 2.32. The van der Waals surface area contributed by atoms with E-state index in [0.717, 1.165) is 12.8 Å². The number of para-hydroxylation sites is 1. The first kappa shape index (κ1) is 17.9. The average molecular weight is 334 g/mol. The summed E-state index contributed by atoms with van der Waals surface area (Å²) in [6.07, 6.45) is 5.83. The van der Waals surface area contributed by atoms with E-state index < -0.39 is 0 Å². The molecule has 0 N–H and O–H groups in total. The van der Waals surface area contributed by atoms with Crippen LogP contribution in [-0.2, 0) is 4.79 Å². The molecule has 0 radical (unpaired) electrons. The SMILES string of the molecule is CCC(=O)N(C)c1ccccc1C(=O)N(C)C1CCC(SC)C1. The Morgan fingerprint density at radius 1 is 1.22 bits per heavy atom. The molecule has 0 heterocycles. The van der Waals surface area contributed by atoms with Crippen LogP contribution in [0.25, 0.3) is 0 Å². The van der Waals surface area contributed by atoms with Crippen LogP contribution < -0.4 is 4.90 Å². The first-order valence-electron chi connectivity index (χ1n) is 8.15. The summed E-state index contributed by atoms with van der Waals surface area (Å²) >= 11 is 1.89. The van der Waals surface area contributed by atoms with E-state index in [2.05, 4.69) is 6.26 Å². The van der Waals surface area contributed by atoms with Crippen molar-refractivity contribution < 1.29 is 9.59 Å². The fourth-order valence-corrected chi connectivity index (χ4v) is 3.94. The standard InChI is InChI=1S/C18H26N2O2S/c1-5-17(21)20(3)16-9-7-6-8-15(16)18(22)19(2)13-10-11-14(12-13)23-4/h6-9,13-14H,5,10-12H2,1-4H3. The highest BCUT2D eigenvalue weighted by atomic mass is 32.2. The molecule has 0 saturated heterocycles. The number of hydrogen-bond donors (Lipinski definition) is 0. The van der Waals surface area contributed by atoms with Gasteiger partial charge in [0.1, 0.15) is 0 Å². The number of carbonyl (C=O) groups excluding carboxylic acids is 2. The van der Waals surface area contributed by atoms with Crippen molar-refractivity contribution in [2.75, 3.05) is 25.3 Å². The molecule has 2 unspecified atom stereocenters. The van der Waals surface area contributed by atoms with Crippen LogP contribution in [0.15, 0.2) is 24.3 Å². The predicted octanol–water partition coefficient (Wildman–Crippen LogP) is 3.42. The highest BCUT2D eigenvalue weighted by Gasteiger charge is 2.31. The molecule has 2 rings (SSSR count). The van der Waals surface area contributed by atoms with E-state index in [-0.39, 0.29) is 11.8 Å². The summed E-state index contributed by atoms with van der Waals surface area (Å²) in [7, 11) is 3.62. The molecule has 5 heteroatoms. The highest BCUT2D eigenvalue weighted by molar-refractivity contribution is 7.99. The van der Waals surface area contributed by atoms with Gasteiger partial charge in [0.2, 0.25) is 5.91 Å². The fourth-order valence-electron chi connectivity index (χ4n) is 3.16. The topological polar surface area (TPSA) is 40.6 Å². The third kappa shape index (κ3) is 3.89. The van der Waals surface area contributed by atoms with Crippen molar-refractivity contribution in [2.45, 2.75) is 43.9 Å². The summed E-state index contributed by atoms with van der Waals surface area (Å²) < 4.78 is 0. The number of rotatable bonds is 5. The van der Waals surface area contributed by atoms with E-state index in [1.807, 2.05) is 54.9 Å². The Labute approximate surface area is 143 Å². The Balaban J connectivity index is 2.21. The maximum atomic E-state index is 12.9. The maximum Gasteiger partial charge on any atom is 0.255 e. The van der Waals surface area contributed by atoms with Gasteiger partial charge in [-0.25, -0.2) is 0 Å². The lowest BCUT2D eigenvalue weighted by Gasteiger charge is -2.27. The lowest BCUT2D eigenvalue weighted by Crippen LogP contribution is -2.37. The molecule has 1 saturated carbocycles. The van der Waals surface area contributed by atoms with Gasteiger partial charge < -0.3 is 9.80 Å². The van der Waals surface area contributed by atoms with Crippen LogP contribution in [0.2, 0.25) is 0 Å². The van der Waals surface area contributed by atoms with E-state index in [0.29, 0.717) is 29.0 Å². The van der Waals surface area contributed by atoms with E-state index in [1.54, 1.807) is 11.9 Å². The Morgan fingerprint density at radius 3 is 2.52 bits per heavy atom. The third-order valence-corrected chi connectivity index (χ3v) is 5.83. The van der Waals surface area contributed by atoms with Gasteiger partial charge in [-0.15, -0.1) is 0 Å². The molecule has 126 valence electrons. The van der Waals surface area contributed by atoms with Crippen molar-refractivity contribution in [1.82, 2.24) is 4.90 Å².